The lowest BCUT2D eigenvalue weighted by atomic mass is 9.63. The first-order chi connectivity index (χ1) is 6.69. The third kappa shape index (κ3) is 1.34. The Morgan fingerprint density at radius 3 is 2.64 bits per heavy atom. The monoisotopic (exact) mass is 192 g/mol. The molecule has 2 rings (SSSR count). The van der Waals surface area contributed by atoms with Crippen LogP contribution in [0.25, 0.3) is 0 Å². The summed E-state index contributed by atoms with van der Waals surface area (Å²) in [5, 5.41) is 0. The fourth-order valence-electron chi connectivity index (χ4n) is 3.55. The average Bonchev–Trinajstić information content (AvgIpc) is 2.62. The van der Waals surface area contributed by atoms with Gasteiger partial charge in [-0.25, -0.2) is 0 Å². The summed E-state index contributed by atoms with van der Waals surface area (Å²) in [6.07, 6.45) is 9.23. The molecule has 0 heterocycles. The number of hydrogen-bond donors (Lipinski definition) is 0. The van der Waals surface area contributed by atoms with Gasteiger partial charge in [-0.2, -0.15) is 0 Å². The van der Waals surface area contributed by atoms with Crippen LogP contribution >= 0.6 is 0 Å². The minimum atomic E-state index is 0.354. The molecular weight excluding hydrogens is 172 g/mol. The van der Waals surface area contributed by atoms with E-state index >= 15 is 0 Å². The molecule has 0 saturated heterocycles. The van der Waals surface area contributed by atoms with Crippen LogP contribution in [0.15, 0.2) is 11.6 Å². The van der Waals surface area contributed by atoms with Crippen LogP contribution < -0.4 is 0 Å². The minimum Gasteiger partial charge on any atom is -0.295 e. The molecule has 1 fully saturated rings. The van der Waals surface area contributed by atoms with E-state index in [1.54, 1.807) is 0 Å². The van der Waals surface area contributed by atoms with Gasteiger partial charge in [-0.1, -0.05) is 31.8 Å². The predicted molar refractivity (Wildman–Crippen MR) is 58.1 cm³/mol. The van der Waals surface area contributed by atoms with Crippen LogP contribution in [0.4, 0.5) is 0 Å². The highest BCUT2D eigenvalue weighted by Crippen LogP contribution is 2.53. The molecule has 14 heavy (non-hydrogen) atoms. The van der Waals surface area contributed by atoms with E-state index in [-0.39, 0.29) is 0 Å². The number of carbonyl (C=O) groups is 1. The smallest absolute Gasteiger partial charge is 0.155 e. The molecular formula is C13H20O. The first-order valence-electron chi connectivity index (χ1n) is 5.90. The van der Waals surface area contributed by atoms with Gasteiger partial charge in [-0.05, 0) is 37.2 Å². The van der Waals surface area contributed by atoms with Crippen molar-refractivity contribution in [2.45, 2.75) is 52.4 Å². The van der Waals surface area contributed by atoms with Gasteiger partial charge in [0.15, 0.2) is 5.78 Å². The van der Waals surface area contributed by atoms with E-state index in [9.17, 15) is 4.79 Å². The van der Waals surface area contributed by atoms with Crippen LogP contribution in [0, 0.1) is 11.3 Å². The number of ketones is 1. The van der Waals surface area contributed by atoms with E-state index in [4.69, 9.17) is 0 Å². The SMILES string of the molecule is CCC1CC(=O)C=C(C)C12CCCC2. The zero-order chi connectivity index (χ0) is 10.2. The molecule has 2 aliphatic carbocycles. The quantitative estimate of drug-likeness (QED) is 0.621. The number of carbonyl (C=O) groups excluding carboxylic acids is 1. The number of hydrogen-bond acceptors (Lipinski definition) is 1. The summed E-state index contributed by atoms with van der Waals surface area (Å²) in [6.45, 7) is 4.40. The van der Waals surface area contributed by atoms with Crippen LogP contribution in [-0.4, -0.2) is 5.78 Å². The maximum absolute atomic E-state index is 11.5. The van der Waals surface area contributed by atoms with Crippen molar-refractivity contribution in [3.05, 3.63) is 11.6 Å². The first kappa shape index (κ1) is 9.95. The maximum atomic E-state index is 11.5. The molecule has 0 aromatic rings. The molecule has 0 amide bonds. The fraction of sp³-hybridized carbons (Fsp3) is 0.769. The highest BCUT2D eigenvalue weighted by molar-refractivity contribution is 5.91. The van der Waals surface area contributed by atoms with Crippen molar-refractivity contribution in [1.82, 2.24) is 0 Å². The van der Waals surface area contributed by atoms with E-state index in [1.165, 1.54) is 31.3 Å². The predicted octanol–water partition coefficient (Wildman–Crippen LogP) is 3.49. The van der Waals surface area contributed by atoms with E-state index in [0.717, 1.165) is 12.8 Å². The normalized spacial score (nSPS) is 30.9. The topological polar surface area (TPSA) is 17.1 Å². The van der Waals surface area contributed by atoms with Gasteiger partial charge in [0, 0.05) is 6.42 Å². The Kier molecular flexibility index (Phi) is 2.50. The molecule has 2 aliphatic rings. The summed E-state index contributed by atoms with van der Waals surface area (Å²) in [7, 11) is 0. The molecule has 1 saturated carbocycles. The van der Waals surface area contributed by atoms with E-state index in [0.29, 0.717) is 17.1 Å². The summed E-state index contributed by atoms with van der Waals surface area (Å²) in [5.74, 6) is 0.981. The highest BCUT2D eigenvalue weighted by Gasteiger charge is 2.44. The Balaban J connectivity index is 2.34. The molecule has 0 aromatic carbocycles. The van der Waals surface area contributed by atoms with Crippen LogP contribution in [0.1, 0.15) is 52.4 Å². The zero-order valence-electron chi connectivity index (χ0n) is 9.31. The Morgan fingerprint density at radius 1 is 1.43 bits per heavy atom. The lowest BCUT2D eigenvalue weighted by molar-refractivity contribution is -0.117. The molecule has 1 unspecified atom stereocenters. The highest BCUT2D eigenvalue weighted by atomic mass is 16.1. The van der Waals surface area contributed by atoms with Crippen LogP contribution in [0.3, 0.4) is 0 Å². The average molecular weight is 192 g/mol. The second kappa shape index (κ2) is 3.52. The second-order valence-corrected chi connectivity index (χ2v) is 4.97. The van der Waals surface area contributed by atoms with Gasteiger partial charge >= 0.3 is 0 Å². The third-order valence-corrected chi connectivity index (χ3v) is 4.38. The molecule has 1 spiro atoms. The molecule has 0 radical (unpaired) electrons. The Hall–Kier alpha value is -0.590. The number of allylic oxidation sites excluding steroid dienone is 2. The summed E-state index contributed by atoms with van der Waals surface area (Å²) in [6, 6.07) is 0. The second-order valence-electron chi connectivity index (χ2n) is 4.97. The van der Waals surface area contributed by atoms with Crippen molar-refractivity contribution in [2.75, 3.05) is 0 Å². The lowest BCUT2D eigenvalue weighted by Gasteiger charge is -2.41. The van der Waals surface area contributed by atoms with Crippen LogP contribution in [0.2, 0.25) is 0 Å². The van der Waals surface area contributed by atoms with Gasteiger partial charge in [0.25, 0.3) is 0 Å². The summed E-state index contributed by atoms with van der Waals surface area (Å²) < 4.78 is 0. The third-order valence-electron chi connectivity index (χ3n) is 4.38. The van der Waals surface area contributed by atoms with Gasteiger partial charge in [-0.3, -0.25) is 4.79 Å². The van der Waals surface area contributed by atoms with Gasteiger partial charge in [0.05, 0.1) is 0 Å². The van der Waals surface area contributed by atoms with Crippen molar-refractivity contribution in [3.63, 3.8) is 0 Å². The lowest BCUT2D eigenvalue weighted by Crippen LogP contribution is -2.34. The van der Waals surface area contributed by atoms with Crippen molar-refractivity contribution >= 4 is 5.78 Å². The molecule has 0 bridgehead atoms. The summed E-state index contributed by atoms with van der Waals surface area (Å²) in [5.41, 5.74) is 1.79. The van der Waals surface area contributed by atoms with E-state index in [2.05, 4.69) is 13.8 Å². The zero-order valence-corrected chi connectivity index (χ0v) is 9.31. The molecule has 1 heteroatoms. The molecule has 0 N–H and O–H groups in total. The van der Waals surface area contributed by atoms with E-state index < -0.39 is 0 Å². The van der Waals surface area contributed by atoms with Crippen molar-refractivity contribution < 1.29 is 4.79 Å². The van der Waals surface area contributed by atoms with Crippen LogP contribution in [0.5, 0.6) is 0 Å². The standard InChI is InChI=1S/C13H20O/c1-3-11-9-12(14)8-10(2)13(11)6-4-5-7-13/h8,11H,3-7,9H2,1-2H3. The maximum Gasteiger partial charge on any atom is 0.155 e. The van der Waals surface area contributed by atoms with Gasteiger partial charge in [0.2, 0.25) is 0 Å². The molecule has 1 atom stereocenters. The fourth-order valence-corrected chi connectivity index (χ4v) is 3.55. The van der Waals surface area contributed by atoms with Crippen molar-refractivity contribution in [1.29, 1.82) is 0 Å². The first-order valence-corrected chi connectivity index (χ1v) is 5.90. The summed E-state index contributed by atoms with van der Waals surface area (Å²) >= 11 is 0. The summed E-state index contributed by atoms with van der Waals surface area (Å²) in [4.78, 5) is 11.5. The molecule has 1 nitrogen and oxygen atoms in total. The minimum absolute atomic E-state index is 0.354. The van der Waals surface area contributed by atoms with Crippen LogP contribution in [-0.2, 0) is 4.79 Å². The van der Waals surface area contributed by atoms with Gasteiger partial charge < -0.3 is 0 Å². The number of rotatable bonds is 1. The Bertz CT molecular complexity index is 269. The van der Waals surface area contributed by atoms with Crippen molar-refractivity contribution in [2.24, 2.45) is 11.3 Å². The Morgan fingerprint density at radius 2 is 2.07 bits per heavy atom. The van der Waals surface area contributed by atoms with Crippen molar-refractivity contribution in [3.8, 4) is 0 Å². The molecule has 0 aromatic heterocycles. The Labute approximate surface area is 86.6 Å². The largest absolute Gasteiger partial charge is 0.295 e. The molecule has 0 aliphatic heterocycles. The van der Waals surface area contributed by atoms with E-state index in [1.807, 2.05) is 6.08 Å². The van der Waals surface area contributed by atoms with Gasteiger partial charge in [0.1, 0.15) is 0 Å². The molecule has 78 valence electrons. The van der Waals surface area contributed by atoms with Gasteiger partial charge in [-0.15, -0.1) is 0 Å².